The topological polar surface area (TPSA) is 55.1 Å². The second-order valence-electron chi connectivity index (χ2n) is 4.71. The van der Waals surface area contributed by atoms with Crippen LogP contribution in [0.25, 0.3) is 10.9 Å². The van der Waals surface area contributed by atoms with Gasteiger partial charge in [0.05, 0.1) is 12.1 Å². The second-order valence-corrected chi connectivity index (χ2v) is 5.58. The Morgan fingerprint density at radius 2 is 1.86 bits per heavy atom. The first-order valence-electron chi connectivity index (χ1n) is 6.29. The molecule has 0 spiro atoms. The van der Waals surface area contributed by atoms with Crippen LogP contribution in [-0.4, -0.2) is 20.9 Å². The SMILES string of the molecule is O=C(O)c1nn(Cc2ccc(Cl)cc2F)c2cc(Cl)ccc12. The average Bonchev–Trinajstić information content (AvgIpc) is 2.80. The van der Waals surface area contributed by atoms with E-state index in [1.54, 1.807) is 24.3 Å². The molecule has 1 N–H and O–H groups in total. The van der Waals surface area contributed by atoms with E-state index in [1.165, 1.54) is 16.8 Å². The summed E-state index contributed by atoms with van der Waals surface area (Å²) in [5.41, 5.74) is 0.783. The molecule has 4 nitrogen and oxygen atoms in total. The maximum atomic E-state index is 13.9. The summed E-state index contributed by atoms with van der Waals surface area (Å²) in [6, 6.07) is 9.08. The molecule has 1 heterocycles. The minimum Gasteiger partial charge on any atom is -0.476 e. The summed E-state index contributed by atoms with van der Waals surface area (Å²) < 4.78 is 15.3. The number of hydrogen-bond acceptors (Lipinski definition) is 2. The molecule has 0 bridgehead atoms. The van der Waals surface area contributed by atoms with Crippen molar-refractivity contribution in [2.75, 3.05) is 0 Å². The van der Waals surface area contributed by atoms with Crippen LogP contribution in [0.3, 0.4) is 0 Å². The van der Waals surface area contributed by atoms with Crippen molar-refractivity contribution in [3.8, 4) is 0 Å². The predicted molar refractivity (Wildman–Crippen MR) is 82.2 cm³/mol. The molecule has 2 aromatic carbocycles. The summed E-state index contributed by atoms with van der Waals surface area (Å²) in [5.74, 6) is -1.63. The zero-order valence-corrected chi connectivity index (χ0v) is 12.6. The zero-order valence-electron chi connectivity index (χ0n) is 11.1. The van der Waals surface area contributed by atoms with Crippen molar-refractivity contribution in [1.82, 2.24) is 9.78 Å². The molecule has 7 heteroatoms. The van der Waals surface area contributed by atoms with Crippen LogP contribution < -0.4 is 0 Å². The quantitative estimate of drug-likeness (QED) is 0.777. The number of benzene rings is 2. The third-order valence-electron chi connectivity index (χ3n) is 3.25. The molecule has 22 heavy (non-hydrogen) atoms. The molecule has 0 saturated heterocycles. The van der Waals surface area contributed by atoms with Gasteiger partial charge >= 0.3 is 5.97 Å². The third kappa shape index (κ3) is 2.65. The summed E-state index contributed by atoms with van der Waals surface area (Å²) in [6.07, 6.45) is 0. The lowest BCUT2D eigenvalue weighted by molar-refractivity contribution is 0.0691. The number of hydrogen-bond donors (Lipinski definition) is 1. The van der Waals surface area contributed by atoms with E-state index >= 15 is 0 Å². The number of carboxylic acids is 1. The van der Waals surface area contributed by atoms with Crippen molar-refractivity contribution in [3.63, 3.8) is 0 Å². The Morgan fingerprint density at radius 3 is 2.55 bits per heavy atom. The third-order valence-corrected chi connectivity index (χ3v) is 3.72. The summed E-state index contributed by atoms with van der Waals surface area (Å²) in [4.78, 5) is 11.3. The van der Waals surface area contributed by atoms with E-state index in [4.69, 9.17) is 23.2 Å². The largest absolute Gasteiger partial charge is 0.476 e. The van der Waals surface area contributed by atoms with Gasteiger partial charge in [0.15, 0.2) is 5.69 Å². The zero-order chi connectivity index (χ0) is 15.9. The van der Waals surface area contributed by atoms with Crippen LogP contribution in [0, 0.1) is 5.82 Å². The fourth-order valence-corrected chi connectivity index (χ4v) is 2.56. The van der Waals surface area contributed by atoms with Crippen LogP contribution >= 0.6 is 23.2 Å². The molecule has 3 rings (SSSR count). The predicted octanol–water partition coefficient (Wildman–Crippen LogP) is 4.23. The molecule has 1 aromatic heterocycles. The molecule has 3 aromatic rings. The first-order valence-corrected chi connectivity index (χ1v) is 7.04. The highest BCUT2D eigenvalue weighted by Gasteiger charge is 2.17. The fourth-order valence-electron chi connectivity index (χ4n) is 2.24. The number of aromatic nitrogens is 2. The number of rotatable bonds is 3. The Hall–Kier alpha value is -2.11. The van der Waals surface area contributed by atoms with Gasteiger partial charge in [-0.3, -0.25) is 4.68 Å². The molecule has 0 saturated carbocycles. The molecule has 0 amide bonds. The van der Waals surface area contributed by atoms with Crippen molar-refractivity contribution < 1.29 is 14.3 Å². The van der Waals surface area contributed by atoms with Gasteiger partial charge in [0.2, 0.25) is 0 Å². The minimum absolute atomic E-state index is 0.0765. The van der Waals surface area contributed by atoms with Gasteiger partial charge in [-0.15, -0.1) is 0 Å². The van der Waals surface area contributed by atoms with Crippen LogP contribution in [0.5, 0.6) is 0 Å². The lowest BCUT2D eigenvalue weighted by Crippen LogP contribution is -2.06. The molecule has 0 aliphatic carbocycles. The number of fused-ring (bicyclic) bond motifs is 1. The molecular formula is C15H9Cl2FN2O2. The van der Waals surface area contributed by atoms with Crippen molar-refractivity contribution >= 4 is 40.1 Å². The Labute approximate surface area is 134 Å². The van der Waals surface area contributed by atoms with Crippen molar-refractivity contribution in [3.05, 3.63) is 63.5 Å². The Morgan fingerprint density at radius 1 is 1.18 bits per heavy atom. The van der Waals surface area contributed by atoms with Crippen LogP contribution in [0.4, 0.5) is 4.39 Å². The highest BCUT2D eigenvalue weighted by atomic mass is 35.5. The first kappa shape index (κ1) is 14.8. The number of aromatic carboxylic acids is 1. The Kier molecular flexibility index (Phi) is 3.76. The van der Waals surface area contributed by atoms with Crippen molar-refractivity contribution in [2.24, 2.45) is 0 Å². The van der Waals surface area contributed by atoms with Crippen LogP contribution in [0.1, 0.15) is 16.1 Å². The van der Waals surface area contributed by atoms with Crippen LogP contribution in [-0.2, 0) is 6.54 Å². The first-order chi connectivity index (χ1) is 10.5. The fraction of sp³-hybridized carbons (Fsp3) is 0.0667. The van der Waals surface area contributed by atoms with E-state index in [0.29, 0.717) is 26.5 Å². The Bertz CT molecular complexity index is 893. The molecule has 112 valence electrons. The molecule has 0 aliphatic rings. The summed E-state index contributed by atoms with van der Waals surface area (Å²) in [7, 11) is 0. The average molecular weight is 339 g/mol. The van der Waals surface area contributed by atoms with Gasteiger partial charge in [0.1, 0.15) is 5.82 Å². The van der Waals surface area contributed by atoms with Gasteiger partial charge in [-0.2, -0.15) is 5.10 Å². The van der Waals surface area contributed by atoms with Crippen molar-refractivity contribution in [2.45, 2.75) is 6.54 Å². The van der Waals surface area contributed by atoms with Gasteiger partial charge in [0, 0.05) is 21.0 Å². The van der Waals surface area contributed by atoms with E-state index in [9.17, 15) is 14.3 Å². The van der Waals surface area contributed by atoms with E-state index in [-0.39, 0.29) is 12.2 Å². The normalized spacial score (nSPS) is 11.0. The molecule has 0 radical (unpaired) electrons. The highest BCUT2D eigenvalue weighted by Crippen LogP contribution is 2.24. The van der Waals surface area contributed by atoms with E-state index < -0.39 is 11.8 Å². The van der Waals surface area contributed by atoms with Crippen LogP contribution in [0.2, 0.25) is 10.0 Å². The van der Waals surface area contributed by atoms with E-state index in [1.807, 2.05) is 0 Å². The maximum Gasteiger partial charge on any atom is 0.357 e. The number of halogens is 3. The second kappa shape index (κ2) is 5.59. The lowest BCUT2D eigenvalue weighted by Gasteiger charge is -2.06. The van der Waals surface area contributed by atoms with Gasteiger partial charge in [0.25, 0.3) is 0 Å². The monoisotopic (exact) mass is 338 g/mol. The Balaban J connectivity index is 2.14. The van der Waals surface area contributed by atoms with E-state index in [2.05, 4.69) is 5.10 Å². The summed E-state index contributed by atoms with van der Waals surface area (Å²) in [5, 5.41) is 14.5. The molecule has 0 unspecified atom stereocenters. The van der Waals surface area contributed by atoms with Gasteiger partial charge in [-0.1, -0.05) is 29.3 Å². The standard InChI is InChI=1S/C15H9Cl2FN2O2/c16-9-2-1-8(12(18)5-9)7-20-13-6-10(17)3-4-11(13)14(19-20)15(21)22/h1-6H,7H2,(H,21,22). The number of carboxylic acid groups (broad SMARTS) is 1. The number of nitrogens with zero attached hydrogens (tertiary/aromatic N) is 2. The molecular weight excluding hydrogens is 330 g/mol. The molecule has 0 atom stereocenters. The number of carbonyl (C=O) groups is 1. The van der Waals surface area contributed by atoms with Crippen molar-refractivity contribution in [1.29, 1.82) is 0 Å². The lowest BCUT2D eigenvalue weighted by atomic mass is 10.2. The van der Waals surface area contributed by atoms with Gasteiger partial charge in [-0.05, 0) is 30.3 Å². The molecule has 0 aliphatic heterocycles. The summed E-state index contributed by atoms with van der Waals surface area (Å²) >= 11 is 11.7. The highest BCUT2D eigenvalue weighted by molar-refractivity contribution is 6.31. The summed E-state index contributed by atoms with van der Waals surface area (Å²) in [6.45, 7) is 0.0765. The van der Waals surface area contributed by atoms with Gasteiger partial charge in [-0.25, -0.2) is 9.18 Å². The smallest absolute Gasteiger partial charge is 0.357 e. The van der Waals surface area contributed by atoms with Crippen LogP contribution in [0.15, 0.2) is 36.4 Å². The van der Waals surface area contributed by atoms with E-state index in [0.717, 1.165) is 0 Å². The minimum atomic E-state index is -1.15. The van der Waals surface area contributed by atoms with Gasteiger partial charge < -0.3 is 5.11 Å². The molecule has 0 fully saturated rings. The maximum absolute atomic E-state index is 13.9.